The molecule has 0 aliphatic rings. The van der Waals surface area contributed by atoms with Gasteiger partial charge in [-0.25, -0.2) is 0 Å². The molecular weight excluding hydrogens is 168 g/mol. The number of hydrogen-bond donors (Lipinski definition) is 2. The van der Waals surface area contributed by atoms with Crippen molar-refractivity contribution < 1.29 is 0 Å². The van der Waals surface area contributed by atoms with Gasteiger partial charge in [-0.1, -0.05) is 0 Å². The van der Waals surface area contributed by atoms with Gasteiger partial charge in [0.05, 0.1) is 0 Å². The van der Waals surface area contributed by atoms with Crippen molar-refractivity contribution in [3.8, 4) is 0 Å². The van der Waals surface area contributed by atoms with Crippen LogP contribution in [0.25, 0.3) is 0 Å². The third-order valence-corrected chi connectivity index (χ3v) is 3.10. The Bertz CT molecular complexity index is 232. The lowest BCUT2D eigenvalue weighted by Gasteiger charge is -2.11. The van der Waals surface area contributed by atoms with Crippen molar-refractivity contribution in [3.63, 3.8) is 0 Å². The predicted molar refractivity (Wildman–Crippen MR) is 54.8 cm³/mol. The summed E-state index contributed by atoms with van der Waals surface area (Å²) in [6, 6.07) is 2.22. The largest absolute Gasteiger partial charge is 0.330 e. The molecule has 0 spiro atoms. The zero-order valence-corrected chi connectivity index (χ0v) is 8.45. The monoisotopic (exact) mass is 184 g/mol. The Labute approximate surface area is 77.8 Å². The smallest absolute Gasteiger partial charge is 0.0180 e. The Balaban J connectivity index is 2.66. The first kappa shape index (κ1) is 9.71. The number of likely N-dealkylation sites (N-methyl/N-ethyl adjacent to an activating group) is 1. The van der Waals surface area contributed by atoms with Gasteiger partial charge >= 0.3 is 0 Å². The minimum atomic E-state index is 0.480. The van der Waals surface area contributed by atoms with Crippen LogP contribution >= 0.6 is 11.3 Å². The highest BCUT2D eigenvalue weighted by atomic mass is 32.1. The van der Waals surface area contributed by atoms with E-state index >= 15 is 0 Å². The minimum absolute atomic E-state index is 0.480. The fourth-order valence-corrected chi connectivity index (χ4v) is 2.23. The van der Waals surface area contributed by atoms with Gasteiger partial charge in [-0.05, 0) is 31.0 Å². The summed E-state index contributed by atoms with van der Waals surface area (Å²) >= 11 is 1.80. The maximum atomic E-state index is 5.67. The van der Waals surface area contributed by atoms with Gasteiger partial charge < -0.3 is 11.1 Å². The van der Waals surface area contributed by atoms with Gasteiger partial charge in [0.2, 0.25) is 0 Å². The van der Waals surface area contributed by atoms with Gasteiger partial charge in [0.25, 0.3) is 0 Å². The zero-order valence-electron chi connectivity index (χ0n) is 7.63. The van der Waals surface area contributed by atoms with Crippen molar-refractivity contribution >= 4 is 11.3 Å². The van der Waals surface area contributed by atoms with Crippen molar-refractivity contribution in [2.45, 2.75) is 12.8 Å². The predicted octanol–water partition coefficient (Wildman–Crippen LogP) is 1.32. The molecule has 2 nitrogen and oxygen atoms in total. The van der Waals surface area contributed by atoms with Crippen LogP contribution in [0.1, 0.15) is 16.4 Å². The van der Waals surface area contributed by atoms with E-state index in [2.05, 4.69) is 23.7 Å². The highest BCUT2D eigenvalue weighted by Gasteiger charge is 2.09. The number of rotatable bonds is 4. The van der Waals surface area contributed by atoms with Crippen molar-refractivity contribution in [1.82, 2.24) is 5.32 Å². The SMILES string of the molecule is CNCC(CN)c1cc(C)cs1. The summed E-state index contributed by atoms with van der Waals surface area (Å²) in [6.07, 6.45) is 0. The fraction of sp³-hybridized carbons (Fsp3) is 0.556. The maximum Gasteiger partial charge on any atom is 0.0180 e. The summed E-state index contributed by atoms with van der Waals surface area (Å²) in [6.45, 7) is 3.81. The summed E-state index contributed by atoms with van der Waals surface area (Å²) in [4.78, 5) is 1.39. The number of thiophene rings is 1. The molecule has 0 aromatic carbocycles. The Morgan fingerprint density at radius 2 is 2.42 bits per heavy atom. The Hall–Kier alpha value is -0.380. The second-order valence-corrected chi connectivity index (χ2v) is 3.96. The molecule has 0 bridgehead atoms. The van der Waals surface area contributed by atoms with Crippen LogP contribution < -0.4 is 11.1 Å². The van der Waals surface area contributed by atoms with Crippen LogP contribution in [0.4, 0.5) is 0 Å². The first-order valence-corrected chi connectivity index (χ1v) is 5.05. The van der Waals surface area contributed by atoms with E-state index in [-0.39, 0.29) is 0 Å². The normalized spacial score (nSPS) is 13.2. The van der Waals surface area contributed by atoms with Crippen LogP contribution in [0, 0.1) is 6.92 Å². The average Bonchev–Trinajstić information content (AvgIpc) is 2.47. The molecule has 1 atom stereocenters. The zero-order chi connectivity index (χ0) is 8.97. The van der Waals surface area contributed by atoms with Crippen LogP contribution in [-0.4, -0.2) is 20.1 Å². The van der Waals surface area contributed by atoms with Crippen molar-refractivity contribution in [2.75, 3.05) is 20.1 Å². The maximum absolute atomic E-state index is 5.67. The van der Waals surface area contributed by atoms with Crippen molar-refractivity contribution in [1.29, 1.82) is 0 Å². The molecule has 1 unspecified atom stereocenters. The number of hydrogen-bond acceptors (Lipinski definition) is 3. The quantitative estimate of drug-likeness (QED) is 0.740. The molecule has 0 fully saturated rings. The summed E-state index contributed by atoms with van der Waals surface area (Å²) in [7, 11) is 1.96. The summed E-state index contributed by atoms with van der Waals surface area (Å²) in [5, 5.41) is 5.33. The summed E-state index contributed by atoms with van der Waals surface area (Å²) in [5.41, 5.74) is 7.00. The van der Waals surface area contributed by atoms with E-state index in [1.165, 1.54) is 10.4 Å². The molecule has 0 saturated carbocycles. The van der Waals surface area contributed by atoms with E-state index < -0.39 is 0 Å². The molecule has 1 aromatic rings. The lowest BCUT2D eigenvalue weighted by Crippen LogP contribution is -2.23. The molecule has 1 aromatic heterocycles. The second kappa shape index (κ2) is 4.60. The molecule has 0 aliphatic heterocycles. The van der Waals surface area contributed by atoms with Crippen LogP contribution in [0.3, 0.4) is 0 Å². The molecule has 0 saturated heterocycles. The van der Waals surface area contributed by atoms with E-state index in [0.29, 0.717) is 5.92 Å². The van der Waals surface area contributed by atoms with Crippen molar-refractivity contribution in [3.05, 3.63) is 21.9 Å². The minimum Gasteiger partial charge on any atom is -0.330 e. The molecule has 1 rings (SSSR count). The lowest BCUT2D eigenvalue weighted by molar-refractivity contribution is 0.646. The molecule has 68 valence electrons. The van der Waals surface area contributed by atoms with Gasteiger partial charge in [-0.3, -0.25) is 0 Å². The van der Waals surface area contributed by atoms with Crippen LogP contribution in [0.2, 0.25) is 0 Å². The van der Waals surface area contributed by atoms with E-state index in [9.17, 15) is 0 Å². The summed E-state index contributed by atoms with van der Waals surface area (Å²) in [5.74, 6) is 0.480. The van der Waals surface area contributed by atoms with Gasteiger partial charge in [0.15, 0.2) is 0 Å². The second-order valence-electron chi connectivity index (χ2n) is 3.02. The molecular formula is C9H16N2S. The molecule has 0 amide bonds. The highest BCUT2D eigenvalue weighted by Crippen LogP contribution is 2.22. The van der Waals surface area contributed by atoms with E-state index in [0.717, 1.165) is 13.1 Å². The van der Waals surface area contributed by atoms with Gasteiger partial charge in [-0.2, -0.15) is 0 Å². The molecule has 12 heavy (non-hydrogen) atoms. The standard InChI is InChI=1S/C9H16N2S/c1-7-3-9(12-6-7)8(4-10)5-11-2/h3,6,8,11H,4-5,10H2,1-2H3. The van der Waals surface area contributed by atoms with Crippen LogP contribution in [0.15, 0.2) is 11.4 Å². The fourth-order valence-electron chi connectivity index (χ4n) is 1.21. The third kappa shape index (κ3) is 2.30. The van der Waals surface area contributed by atoms with E-state index in [4.69, 9.17) is 5.73 Å². The first-order valence-electron chi connectivity index (χ1n) is 4.17. The van der Waals surface area contributed by atoms with Gasteiger partial charge in [-0.15, -0.1) is 11.3 Å². The highest BCUT2D eigenvalue weighted by molar-refractivity contribution is 7.10. The Morgan fingerprint density at radius 3 is 2.83 bits per heavy atom. The topological polar surface area (TPSA) is 38.0 Å². The summed E-state index contributed by atoms with van der Waals surface area (Å²) < 4.78 is 0. The molecule has 0 radical (unpaired) electrons. The molecule has 3 heteroatoms. The third-order valence-electron chi connectivity index (χ3n) is 1.89. The molecule has 3 N–H and O–H groups in total. The Kier molecular flexibility index (Phi) is 3.72. The van der Waals surface area contributed by atoms with E-state index in [1.54, 1.807) is 11.3 Å². The van der Waals surface area contributed by atoms with Crippen LogP contribution in [0.5, 0.6) is 0 Å². The van der Waals surface area contributed by atoms with Gasteiger partial charge in [0, 0.05) is 23.9 Å². The number of nitrogens with two attached hydrogens (primary N) is 1. The number of aryl methyl sites for hydroxylation is 1. The van der Waals surface area contributed by atoms with Crippen molar-refractivity contribution in [2.24, 2.45) is 5.73 Å². The molecule has 0 aliphatic carbocycles. The van der Waals surface area contributed by atoms with Gasteiger partial charge in [0.1, 0.15) is 0 Å². The number of nitrogens with one attached hydrogen (secondary N) is 1. The van der Waals surface area contributed by atoms with Crippen LogP contribution in [-0.2, 0) is 0 Å². The molecule has 1 heterocycles. The lowest BCUT2D eigenvalue weighted by atomic mass is 10.1. The average molecular weight is 184 g/mol. The Morgan fingerprint density at radius 1 is 1.67 bits per heavy atom. The van der Waals surface area contributed by atoms with E-state index in [1.807, 2.05) is 7.05 Å². The first-order chi connectivity index (χ1) is 5.77.